The average Bonchev–Trinajstić information content (AvgIpc) is 2.48. The zero-order chi connectivity index (χ0) is 17.1. The van der Waals surface area contributed by atoms with E-state index in [1.165, 1.54) is 24.3 Å². The van der Waals surface area contributed by atoms with Gasteiger partial charge in [0.15, 0.2) is 11.5 Å². The van der Waals surface area contributed by atoms with E-state index >= 15 is 0 Å². The first-order chi connectivity index (χ1) is 10.7. The Balaban J connectivity index is 2.41. The summed E-state index contributed by atoms with van der Waals surface area (Å²) >= 11 is 11.2. The van der Waals surface area contributed by atoms with Crippen molar-refractivity contribution in [1.29, 1.82) is 0 Å². The summed E-state index contributed by atoms with van der Waals surface area (Å²) < 4.78 is 6.89. The molecule has 0 fully saturated rings. The van der Waals surface area contributed by atoms with Crippen LogP contribution in [-0.4, -0.2) is 3.82 Å². The molecule has 23 heavy (non-hydrogen) atoms. The highest BCUT2D eigenvalue weighted by atomic mass is 35.5. The van der Waals surface area contributed by atoms with E-state index in [9.17, 15) is 19.6 Å². The van der Waals surface area contributed by atoms with Crippen LogP contribution in [0.3, 0.4) is 0 Å². The van der Waals surface area contributed by atoms with Gasteiger partial charge in [0.25, 0.3) is 0 Å². The van der Waals surface area contributed by atoms with Crippen LogP contribution in [0.1, 0.15) is 0 Å². The van der Waals surface area contributed by atoms with Crippen LogP contribution >= 0.6 is 39.1 Å². The van der Waals surface area contributed by atoms with E-state index < -0.39 is 19.7 Å². The highest BCUT2D eigenvalue weighted by molar-refractivity contribution is 7.83. The summed E-state index contributed by atoms with van der Waals surface area (Å²) in [6, 6.07) is 15.0. The van der Waals surface area contributed by atoms with E-state index in [2.05, 4.69) is 0 Å². The number of para-hydroxylation sites is 2. The fourth-order valence-corrected chi connectivity index (χ4v) is 4.43. The van der Waals surface area contributed by atoms with Gasteiger partial charge in [-0.3, -0.25) is 0 Å². The van der Waals surface area contributed by atoms with Crippen molar-refractivity contribution in [3.05, 3.63) is 60.7 Å². The maximum Gasteiger partial charge on any atom is 0.406 e. The van der Waals surface area contributed by atoms with E-state index in [1.54, 1.807) is 36.4 Å². The Kier molecular flexibility index (Phi) is 5.72. The van der Waals surface area contributed by atoms with Gasteiger partial charge >= 0.3 is 11.8 Å². The Morgan fingerprint density at radius 2 is 1.04 bits per heavy atom. The molecule has 0 aliphatic heterocycles. The van der Waals surface area contributed by atoms with Crippen LogP contribution in [0.5, 0.6) is 11.5 Å². The van der Waals surface area contributed by atoms with Crippen molar-refractivity contribution in [3.63, 3.8) is 0 Å². The maximum atomic E-state index is 12.9. The van der Waals surface area contributed by atoms with E-state index in [0.717, 1.165) is 0 Å². The lowest BCUT2D eigenvalue weighted by Crippen LogP contribution is -2.49. The SMILES string of the molecule is [O-][P+]([O-])([O-])C(Cl)(Cl)[P+]([O-])(Oc1ccccc1)Oc1ccccc1. The van der Waals surface area contributed by atoms with Gasteiger partial charge in [-0.1, -0.05) is 44.3 Å². The molecule has 2 rings (SSSR count). The number of alkyl halides is 2. The summed E-state index contributed by atoms with van der Waals surface area (Å²) in [5.41, 5.74) is 0. The number of hydrogen-bond donors (Lipinski definition) is 0. The van der Waals surface area contributed by atoms with Gasteiger partial charge in [0.05, 0.1) is 0 Å². The van der Waals surface area contributed by atoms with Gasteiger partial charge in [-0.15, -0.1) is 0 Å². The lowest BCUT2D eigenvalue weighted by Gasteiger charge is -2.51. The third kappa shape index (κ3) is 4.24. The molecule has 10 heteroatoms. The molecule has 0 N–H and O–H groups in total. The van der Waals surface area contributed by atoms with Gasteiger partial charge in [-0.2, -0.15) is 0 Å². The average molecular weight is 395 g/mol. The molecule has 0 unspecified atom stereocenters. The largest absolute Gasteiger partial charge is 0.682 e. The first-order valence-corrected chi connectivity index (χ1v) is 9.99. The molecule has 0 radical (unpaired) electrons. The molecule has 0 aromatic heterocycles. The second kappa shape index (κ2) is 7.06. The predicted molar refractivity (Wildman–Crippen MR) is 82.4 cm³/mol. The molecule has 6 nitrogen and oxygen atoms in total. The van der Waals surface area contributed by atoms with Crippen molar-refractivity contribution in [3.8, 4) is 11.5 Å². The third-order valence-corrected chi connectivity index (χ3v) is 8.77. The monoisotopic (exact) mass is 394 g/mol. The number of rotatable bonds is 6. The van der Waals surface area contributed by atoms with Gasteiger partial charge in [0.1, 0.15) is 0 Å². The number of benzene rings is 2. The Morgan fingerprint density at radius 1 is 0.696 bits per heavy atom. The molecule has 0 amide bonds. The highest BCUT2D eigenvalue weighted by Gasteiger charge is 2.63. The van der Waals surface area contributed by atoms with E-state index in [4.69, 9.17) is 32.2 Å². The minimum Gasteiger partial charge on any atom is -0.682 e. The summed E-state index contributed by atoms with van der Waals surface area (Å²) in [5, 5.41) is 0. The lowest BCUT2D eigenvalue weighted by molar-refractivity contribution is -0.429. The fraction of sp³-hybridized carbons (Fsp3) is 0.0769. The number of halogens is 2. The standard InChI is InChI=1S/C13H12Cl2O6P2/c14-13(15,22(16,17)18)23(19,20-11-7-3-1-4-8-11)21-12-9-5-2-6-10-12/h1-10H,(H2,16,17,18)/p-2. The molecule has 124 valence electrons. The predicted octanol–water partition coefficient (Wildman–Crippen LogP) is 1.20. The molecule has 0 bridgehead atoms. The van der Waals surface area contributed by atoms with Crippen molar-refractivity contribution in [2.24, 2.45) is 0 Å². The highest BCUT2D eigenvalue weighted by Crippen LogP contribution is 2.78. The molecule has 0 saturated carbocycles. The van der Waals surface area contributed by atoms with Crippen LogP contribution in [0, 0.1) is 0 Å². The van der Waals surface area contributed by atoms with Gasteiger partial charge in [0.2, 0.25) is 0 Å². The van der Waals surface area contributed by atoms with Gasteiger partial charge in [0, 0.05) is 0 Å². The van der Waals surface area contributed by atoms with Crippen LogP contribution in [-0.2, 0) is 0 Å². The van der Waals surface area contributed by atoms with Crippen molar-refractivity contribution in [2.75, 3.05) is 0 Å². The molecule has 0 atom stereocenters. The summed E-state index contributed by atoms with van der Waals surface area (Å²) in [4.78, 5) is 47.0. The fourth-order valence-electron chi connectivity index (χ4n) is 1.52. The normalized spacial score (nSPS) is 12.8. The molecular formula is C13H10Cl2O6P2-2. The molecule has 0 aliphatic carbocycles. The first kappa shape index (κ1) is 18.7. The van der Waals surface area contributed by atoms with Crippen LogP contribution in [0.4, 0.5) is 0 Å². The summed E-state index contributed by atoms with van der Waals surface area (Å²) in [6.45, 7) is 0. The van der Waals surface area contributed by atoms with Crippen molar-refractivity contribution < 1.29 is 28.6 Å². The summed E-state index contributed by atoms with van der Waals surface area (Å²) in [7, 11) is -10.6. The minimum absolute atomic E-state index is 0.0223. The molecule has 0 heterocycles. The van der Waals surface area contributed by atoms with Crippen molar-refractivity contribution in [1.82, 2.24) is 0 Å². The zero-order valence-electron chi connectivity index (χ0n) is 11.4. The smallest absolute Gasteiger partial charge is 0.406 e. The zero-order valence-corrected chi connectivity index (χ0v) is 14.7. The molecule has 2 aromatic carbocycles. The lowest BCUT2D eigenvalue weighted by atomic mass is 10.3. The number of hydrogen-bond acceptors (Lipinski definition) is 6. The Morgan fingerprint density at radius 3 is 1.35 bits per heavy atom. The molecule has 2 aromatic rings. The van der Waals surface area contributed by atoms with Crippen LogP contribution in [0.25, 0.3) is 0 Å². The van der Waals surface area contributed by atoms with E-state index in [0.29, 0.717) is 0 Å². The topological polar surface area (TPSA) is 111 Å². The van der Waals surface area contributed by atoms with Crippen molar-refractivity contribution >= 4 is 39.1 Å². The molecule has 0 saturated heterocycles. The van der Waals surface area contributed by atoms with Gasteiger partial charge < -0.3 is 28.6 Å². The second-order valence-electron chi connectivity index (χ2n) is 4.31. The first-order valence-electron chi connectivity index (χ1n) is 6.15. The van der Waals surface area contributed by atoms with E-state index in [1.807, 2.05) is 0 Å². The molecule has 0 aliphatic rings. The third-order valence-electron chi connectivity index (χ3n) is 2.60. The molecule has 0 spiro atoms. The van der Waals surface area contributed by atoms with E-state index in [-0.39, 0.29) is 11.5 Å². The second-order valence-corrected chi connectivity index (χ2v) is 10.7. The Hall–Kier alpha value is -0.680. The summed E-state index contributed by atoms with van der Waals surface area (Å²) in [5.74, 6) is -0.0446. The van der Waals surface area contributed by atoms with Gasteiger partial charge in [-0.05, 0) is 47.5 Å². The van der Waals surface area contributed by atoms with Gasteiger partial charge in [-0.25, -0.2) is 0 Å². The minimum atomic E-state index is -5.75. The van der Waals surface area contributed by atoms with Crippen molar-refractivity contribution in [2.45, 2.75) is 3.82 Å². The Bertz CT molecular complexity index is 594. The van der Waals surface area contributed by atoms with Crippen LogP contribution in [0.15, 0.2) is 60.7 Å². The van der Waals surface area contributed by atoms with Crippen LogP contribution in [0.2, 0.25) is 0 Å². The summed E-state index contributed by atoms with van der Waals surface area (Å²) in [6.07, 6.45) is 0. The quantitative estimate of drug-likeness (QED) is 0.537. The Labute approximate surface area is 144 Å². The maximum absolute atomic E-state index is 12.9. The molecular weight excluding hydrogens is 385 g/mol. The van der Waals surface area contributed by atoms with Crippen LogP contribution < -0.4 is 28.6 Å².